The van der Waals surface area contributed by atoms with Crippen molar-refractivity contribution in [3.63, 3.8) is 0 Å². The first-order valence-corrected chi connectivity index (χ1v) is 15.3. The highest BCUT2D eigenvalue weighted by Crippen LogP contribution is 2.52. The molecule has 0 saturated carbocycles. The van der Waals surface area contributed by atoms with Gasteiger partial charge in [0.2, 0.25) is 5.90 Å². The summed E-state index contributed by atoms with van der Waals surface area (Å²) in [5.74, 6) is 3.45. The lowest BCUT2D eigenvalue weighted by Crippen LogP contribution is -2.31. The number of rotatable bonds is 5. The molecular formula is C38H43N3O2. The van der Waals surface area contributed by atoms with E-state index in [1.54, 1.807) is 0 Å². The van der Waals surface area contributed by atoms with E-state index >= 15 is 0 Å². The van der Waals surface area contributed by atoms with E-state index in [1.165, 1.54) is 22.3 Å². The summed E-state index contributed by atoms with van der Waals surface area (Å²) in [6.45, 7) is 20.5. The van der Waals surface area contributed by atoms with Crippen LogP contribution in [0.2, 0.25) is 0 Å². The number of pyridine rings is 1. The Morgan fingerprint density at radius 3 is 2.28 bits per heavy atom. The number of hydrogen-bond donors (Lipinski definition) is 0. The minimum absolute atomic E-state index is 0.00172. The van der Waals surface area contributed by atoms with Crippen LogP contribution < -0.4 is 9.64 Å². The van der Waals surface area contributed by atoms with E-state index in [0.717, 1.165) is 34.3 Å². The van der Waals surface area contributed by atoms with Crippen molar-refractivity contribution in [2.24, 2.45) is 4.99 Å². The second kappa shape index (κ2) is 10.3. The van der Waals surface area contributed by atoms with E-state index in [0.29, 0.717) is 18.4 Å². The van der Waals surface area contributed by atoms with Gasteiger partial charge >= 0.3 is 0 Å². The van der Waals surface area contributed by atoms with Crippen molar-refractivity contribution < 1.29 is 9.47 Å². The Morgan fingerprint density at radius 2 is 1.58 bits per heavy atom. The van der Waals surface area contributed by atoms with E-state index < -0.39 is 0 Å². The average molecular weight is 574 g/mol. The first-order valence-electron chi connectivity index (χ1n) is 15.3. The molecule has 2 aliphatic rings. The average Bonchev–Trinajstić information content (AvgIpc) is 3.32. The zero-order valence-electron chi connectivity index (χ0n) is 26.9. The van der Waals surface area contributed by atoms with Crippen LogP contribution in [-0.4, -0.2) is 23.0 Å². The van der Waals surface area contributed by atoms with E-state index in [-0.39, 0.29) is 16.4 Å². The topological polar surface area (TPSA) is 47.0 Å². The summed E-state index contributed by atoms with van der Waals surface area (Å²) in [6, 6.07) is 25.8. The van der Waals surface area contributed by atoms with Crippen LogP contribution in [0.4, 0.5) is 17.2 Å². The quantitative estimate of drug-likeness (QED) is 0.238. The SMILES string of the molecule is CC(C)c1cc(Oc2ccc3c(c2)N(c2cc(C(C)(C)C)ccn2)c2ccccc2C3(C)C)cc(C2=NC(C)(C)CO2)c1. The number of fused-ring (bicyclic) bond motifs is 2. The fourth-order valence-corrected chi connectivity index (χ4v) is 6.02. The Hall–Kier alpha value is -4.12. The number of benzene rings is 3. The molecule has 5 heteroatoms. The number of para-hydroxylation sites is 1. The number of aliphatic imine (C=N–C) groups is 1. The maximum atomic E-state index is 6.65. The molecule has 6 rings (SSSR count). The van der Waals surface area contributed by atoms with Gasteiger partial charge in [0, 0.05) is 23.2 Å². The second-order valence-electron chi connectivity index (χ2n) is 14.4. The van der Waals surface area contributed by atoms with Gasteiger partial charge in [0.15, 0.2) is 0 Å². The lowest BCUT2D eigenvalue weighted by Gasteiger charge is -2.41. The number of ether oxygens (including phenoxy) is 2. The van der Waals surface area contributed by atoms with Crippen molar-refractivity contribution in [3.05, 3.63) is 107 Å². The third-order valence-corrected chi connectivity index (χ3v) is 8.59. The van der Waals surface area contributed by atoms with Gasteiger partial charge in [-0.15, -0.1) is 0 Å². The Labute approximate surface area is 256 Å². The highest BCUT2D eigenvalue weighted by Gasteiger charge is 2.37. The van der Waals surface area contributed by atoms with Crippen LogP contribution in [0.15, 0.2) is 84.0 Å². The lowest BCUT2D eigenvalue weighted by atomic mass is 9.73. The minimum Gasteiger partial charge on any atom is -0.475 e. The maximum absolute atomic E-state index is 6.65. The highest BCUT2D eigenvalue weighted by atomic mass is 16.5. The fraction of sp³-hybridized carbons (Fsp3) is 0.368. The molecule has 3 aromatic carbocycles. The number of aromatic nitrogens is 1. The number of anilines is 3. The Balaban J connectivity index is 1.47. The summed E-state index contributed by atoms with van der Waals surface area (Å²) in [4.78, 5) is 12.0. The predicted octanol–water partition coefficient (Wildman–Crippen LogP) is 9.96. The molecule has 0 spiro atoms. The largest absolute Gasteiger partial charge is 0.475 e. The summed E-state index contributed by atoms with van der Waals surface area (Å²) in [7, 11) is 0. The van der Waals surface area contributed by atoms with Gasteiger partial charge in [-0.1, -0.05) is 72.7 Å². The molecule has 0 unspecified atom stereocenters. The predicted molar refractivity (Wildman–Crippen MR) is 177 cm³/mol. The molecule has 5 nitrogen and oxygen atoms in total. The third-order valence-electron chi connectivity index (χ3n) is 8.59. The summed E-state index contributed by atoms with van der Waals surface area (Å²) in [5.41, 5.74) is 7.66. The van der Waals surface area contributed by atoms with Gasteiger partial charge in [0.05, 0.1) is 16.9 Å². The lowest BCUT2D eigenvalue weighted by molar-refractivity contribution is 0.279. The molecule has 43 heavy (non-hydrogen) atoms. The molecule has 222 valence electrons. The van der Waals surface area contributed by atoms with Gasteiger partial charge in [-0.25, -0.2) is 9.98 Å². The number of hydrogen-bond acceptors (Lipinski definition) is 5. The van der Waals surface area contributed by atoms with Gasteiger partial charge < -0.3 is 9.47 Å². The monoisotopic (exact) mass is 573 g/mol. The fourth-order valence-electron chi connectivity index (χ4n) is 6.02. The van der Waals surface area contributed by atoms with E-state index in [1.807, 2.05) is 12.3 Å². The van der Waals surface area contributed by atoms with E-state index in [2.05, 4.69) is 134 Å². The third kappa shape index (κ3) is 5.42. The molecule has 0 N–H and O–H groups in total. The normalized spacial score (nSPS) is 16.8. The molecule has 0 aliphatic carbocycles. The Morgan fingerprint density at radius 1 is 0.837 bits per heavy atom. The number of nitrogens with zero attached hydrogens (tertiary/aromatic N) is 3. The maximum Gasteiger partial charge on any atom is 0.216 e. The molecule has 0 bridgehead atoms. The standard InChI is InChI=1S/C38H43N3O2/c1-24(2)25-18-26(35-40-37(6,7)23-42-35)20-29(19-25)43-28-14-15-31-33(22-28)41(32-13-11-10-12-30(32)38(31,8)9)34-21-27(16-17-39-34)36(3,4)5/h10-22,24H,23H2,1-9H3. The van der Waals surface area contributed by atoms with Crippen LogP contribution in [0.25, 0.3) is 0 Å². The smallest absolute Gasteiger partial charge is 0.216 e. The van der Waals surface area contributed by atoms with Crippen molar-refractivity contribution in [1.29, 1.82) is 0 Å². The molecule has 2 aliphatic heterocycles. The van der Waals surface area contributed by atoms with Crippen LogP contribution in [0, 0.1) is 0 Å². The zero-order chi connectivity index (χ0) is 30.7. The van der Waals surface area contributed by atoms with Gasteiger partial charge in [-0.3, -0.25) is 4.90 Å². The highest BCUT2D eigenvalue weighted by molar-refractivity contribution is 5.96. The van der Waals surface area contributed by atoms with Gasteiger partial charge in [0.25, 0.3) is 0 Å². The molecule has 0 fully saturated rings. The summed E-state index contributed by atoms with van der Waals surface area (Å²) in [6.07, 6.45) is 1.92. The Bertz CT molecular complexity index is 1730. The summed E-state index contributed by atoms with van der Waals surface area (Å²) < 4.78 is 12.7. The molecule has 0 atom stereocenters. The van der Waals surface area contributed by atoms with Crippen LogP contribution in [0.3, 0.4) is 0 Å². The van der Waals surface area contributed by atoms with Crippen molar-refractivity contribution >= 4 is 23.1 Å². The van der Waals surface area contributed by atoms with Crippen molar-refractivity contribution in [2.45, 2.75) is 84.6 Å². The van der Waals surface area contributed by atoms with Crippen molar-refractivity contribution in [2.75, 3.05) is 11.5 Å². The molecule has 1 aromatic heterocycles. The van der Waals surface area contributed by atoms with Crippen LogP contribution >= 0.6 is 0 Å². The first kappa shape index (κ1) is 29.0. The molecule has 4 aromatic rings. The van der Waals surface area contributed by atoms with Gasteiger partial charge in [0.1, 0.15) is 23.9 Å². The second-order valence-corrected chi connectivity index (χ2v) is 14.4. The minimum atomic E-state index is -0.229. The van der Waals surface area contributed by atoms with Crippen molar-refractivity contribution in [3.8, 4) is 11.5 Å². The van der Waals surface area contributed by atoms with Crippen LogP contribution in [0.1, 0.15) is 96.0 Å². The van der Waals surface area contributed by atoms with Crippen molar-refractivity contribution in [1.82, 2.24) is 4.98 Å². The van der Waals surface area contributed by atoms with Crippen LogP contribution in [-0.2, 0) is 15.6 Å². The molecular weight excluding hydrogens is 530 g/mol. The van der Waals surface area contributed by atoms with Gasteiger partial charge in [-0.05, 0) is 89.9 Å². The van der Waals surface area contributed by atoms with E-state index in [4.69, 9.17) is 19.5 Å². The Kier molecular flexibility index (Phi) is 6.91. The van der Waals surface area contributed by atoms with Gasteiger partial charge in [-0.2, -0.15) is 0 Å². The molecule has 0 radical (unpaired) electrons. The first-order chi connectivity index (χ1) is 20.2. The summed E-state index contributed by atoms with van der Waals surface area (Å²) in [5, 5.41) is 0. The molecule has 0 amide bonds. The zero-order valence-corrected chi connectivity index (χ0v) is 26.9. The van der Waals surface area contributed by atoms with Crippen LogP contribution in [0.5, 0.6) is 11.5 Å². The van der Waals surface area contributed by atoms with E-state index in [9.17, 15) is 0 Å². The molecule has 3 heterocycles. The molecule has 0 saturated heterocycles. The summed E-state index contributed by atoms with van der Waals surface area (Å²) >= 11 is 0.